The van der Waals surface area contributed by atoms with Crippen LogP contribution in [-0.2, 0) is 17.5 Å². The van der Waals surface area contributed by atoms with E-state index < -0.39 is 23.9 Å². The molecule has 4 rings (SSSR count). The minimum Gasteiger partial charge on any atom is -0.475 e. The molecule has 1 N–H and O–H groups in total. The third-order valence-electron chi connectivity index (χ3n) is 4.73. The zero-order valence-electron chi connectivity index (χ0n) is 17.4. The molecular weight excluding hydrogens is 466 g/mol. The topological polar surface area (TPSA) is 80.9 Å². The maximum atomic E-state index is 13.0. The van der Waals surface area contributed by atoms with E-state index in [0.717, 1.165) is 28.8 Å². The summed E-state index contributed by atoms with van der Waals surface area (Å²) in [6.45, 7) is 2.51. The first-order valence-corrected chi connectivity index (χ1v) is 9.55. The van der Waals surface area contributed by atoms with E-state index in [-0.39, 0.29) is 0 Å². The monoisotopic (exact) mass is 482 g/mol. The van der Waals surface area contributed by atoms with Gasteiger partial charge in [0.15, 0.2) is 0 Å². The molecule has 3 aromatic heterocycles. The van der Waals surface area contributed by atoms with Crippen LogP contribution in [0.5, 0.6) is 0 Å². The molecule has 0 radical (unpaired) electrons. The largest absolute Gasteiger partial charge is 0.490 e. The third kappa shape index (κ3) is 5.88. The number of halogens is 6. The first-order valence-electron chi connectivity index (χ1n) is 9.55. The Morgan fingerprint density at radius 1 is 1.00 bits per heavy atom. The minimum absolute atomic E-state index is 0.463. The van der Waals surface area contributed by atoms with Crippen LogP contribution >= 0.6 is 0 Å². The number of aryl methyl sites for hydroxylation is 1. The Morgan fingerprint density at radius 2 is 1.71 bits per heavy atom. The highest BCUT2D eigenvalue weighted by molar-refractivity contribution is 5.80. The van der Waals surface area contributed by atoms with Crippen LogP contribution in [0.25, 0.3) is 22.2 Å². The second kappa shape index (κ2) is 9.49. The fraction of sp³-hybridized carbons (Fsp3) is 0.182. The number of carboxylic acids is 1. The van der Waals surface area contributed by atoms with Gasteiger partial charge in [0, 0.05) is 24.2 Å². The zero-order valence-corrected chi connectivity index (χ0v) is 17.4. The van der Waals surface area contributed by atoms with Crippen molar-refractivity contribution in [3.63, 3.8) is 0 Å². The quantitative estimate of drug-likeness (QED) is 0.390. The van der Waals surface area contributed by atoms with Crippen molar-refractivity contribution in [3.8, 4) is 11.1 Å². The van der Waals surface area contributed by atoms with Crippen molar-refractivity contribution < 1.29 is 36.2 Å². The van der Waals surface area contributed by atoms with Crippen LogP contribution in [0.15, 0.2) is 61.2 Å². The maximum Gasteiger partial charge on any atom is 0.490 e. The average Bonchev–Trinajstić information content (AvgIpc) is 3.17. The van der Waals surface area contributed by atoms with Crippen molar-refractivity contribution in [1.29, 1.82) is 0 Å². The lowest BCUT2D eigenvalue weighted by Gasteiger charge is -2.10. The number of aliphatic carboxylic acids is 1. The molecule has 1 aromatic carbocycles. The summed E-state index contributed by atoms with van der Waals surface area (Å²) in [5.41, 5.74) is 3.95. The average molecular weight is 482 g/mol. The highest BCUT2D eigenvalue weighted by Crippen LogP contribution is 2.32. The number of alkyl halides is 6. The van der Waals surface area contributed by atoms with Crippen LogP contribution < -0.4 is 0 Å². The van der Waals surface area contributed by atoms with Crippen LogP contribution in [0.1, 0.15) is 16.7 Å². The molecule has 0 atom stereocenters. The summed E-state index contributed by atoms with van der Waals surface area (Å²) < 4.78 is 72.5. The van der Waals surface area contributed by atoms with E-state index >= 15 is 0 Å². The second-order valence-corrected chi connectivity index (χ2v) is 7.11. The Morgan fingerprint density at radius 3 is 2.32 bits per heavy atom. The standard InChI is InChI=1S/C20H15F3N4.C2HF3O2/c1-13-5-6-24-9-16(13)12-27-19-8-15(10-25-18(19)11-26-27)14-3-2-4-17(7-14)20(21,22)23;3-2(4,5)1(6)7/h2-11H,12H2,1H3;(H,6,7). The molecule has 34 heavy (non-hydrogen) atoms. The summed E-state index contributed by atoms with van der Waals surface area (Å²) in [5.74, 6) is -2.76. The SMILES string of the molecule is Cc1ccncc1Cn1ncc2ncc(-c3cccc(C(F)(F)F)c3)cc21.O=C(O)C(F)(F)F. The predicted octanol–water partition coefficient (Wildman–Crippen LogP) is 5.50. The highest BCUT2D eigenvalue weighted by atomic mass is 19.4. The van der Waals surface area contributed by atoms with Crippen molar-refractivity contribution in [2.24, 2.45) is 0 Å². The van der Waals surface area contributed by atoms with Gasteiger partial charge >= 0.3 is 18.3 Å². The molecule has 0 amide bonds. The van der Waals surface area contributed by atoms with Crippen LogP contribution in [0.2, 0.25) is 0 Å². The second-order valence-electron chi connectivity index (χ2n) is 7.11. The summed E-state index contributed by atoms with van der Waals surface area (Å²) >= 11 is 0. The van der Waals surface area contributed by atoms with Crippen molar-refractivity contribution >= 4 is 17.0 Å². The minimum atomic E-state index is -5.08. The van der Waals surface area contributed by atoms with E-state index in [1.54, 1.807) is 35.5 Å². The van der Waals surface area contributed by atoms with Gasteiger partial charge in [0.1, 0.15) is 5.52 Å². The normalized spacial score (nSPS) is 11.7. The molecule has 12 heteroatoms. The maximum absolute atomic E-state index is 13.0. The molecule has 4 aromatic rings. The number of nitrogens with zero attached hydrogens (tertiary/aromatic N) is 4. The lowest BCUT2D eigenvalue weighted by Crippen LogP contribution is -2.21. The van der Waals surface area contributed by atoms with Gasteiger partial charge in [-0.25, -0.2) is 4.79 Å². The summed E-state index contributed by atoms with van der Waals surface area (Å²) in [4.78, 5) is 17.4. The van der Waals surface area contributed by atoms with Crippen LogP contribution in [-0.4, -0.2) is 37.0 Å². The van der Waals surface area contributed by atoms with Gasteiger partial charge in [0.2, 0.25) is 0 Å². The fourth-order valence-corrected chi connectivity index (χ4v) is 2.94. The fourth-order valence-electron chi connectivity index (χ4n) is 2.94. The molecule has 0 saturated heterocycles. The predicted molar refractivity (Wildman–Crippen MR) is 110 cm³/mol. The smallest absolute Gasteiger partial charge is 0.475 e. The number of aromatic nitrogens is 4. The number of pyridine rings is 2. The Bertz CT molecular complexity index is 1310. The van der Waals surface area contributed by atoms with Gasteiger partial charge in [0.05, 0.1) is 23.8 Å². The number of hydrogen-bond donors (Lipinski definition) is 1. The molecule has 0 aliphatic heterocycles. The highest BCUT2D eigenvalue weighted by Gasteiger charge is 2.38. The van der Waals surface area contributed by atoms with Gasteiger partial charge in [-0.05, 0) is 47.9 Å². The van der Waals surface area contributed by atoms with E-state index in [0.29, 0.717) is 23.2 Å². The van der Waals surface area contributed by atoms with Gasteiger partial charge < -0.3 is 5.11 Å². The Balaban J connectivity index is 0.000000406. The lowest BCUT2D eigenvalue weighted by molar-refractivity contribution is -0.192. The zero-order chi connectivity index (χ0) is 25.1. The summed E-state index contributed by atoms with van der Waals surface area (Å²) in [6, 6.07) is 8.98. The van der Waals surface area contributed by atoms with Gasteiger partial charge in [-0.15, -0.1) is 0 Å². The first kappa shape index (κ1) is 24.7. The van der Waals surface area contributed by atoms with Gasteiger partial charge in [-0.2, -0.15) is 31.4 Å². The number of rotatable bonds is 3. The Hall–Kier alpha value is -3.96. The molecule has 0 unspecified atom stereocenters. The van der Waals surface area contributed by atoms with Crippen molar-refractivity contribution in [1.82, 2.24) is 19.7 Å². The number of fused-ring (bicyclic) bond motifs is 1. The van der Waals surface area contributed by atoms with E-state index in [1.807, 2.05) is 19.1 Å². The Kier molecular flexibility index (Phi) is 6.89. The van der Waals surface area contributed by atoms with Crippen molar-refractivity contribution in [3.05, 3.63) is 77.9 Å². The summed E-state index contributed by atoms with van der Waals surface area (Å²) in [6.07, 6.45) is -2.73. The molecule has 0 fully saturated rings. The molecule has 6 nitrogen and oxygen atoms in total. The molecule has 0 aliphatic carbocycles. The number of benzene rings is 1. The molecule has 3 heterocycles. The van der Waals surface area contributed by atoms with E-state index in [9.17, 15) is 26.3 Å². The lowest BCUT2D eigenvalue weighted by atomic mass is 10.0. The van der Waals surface area contributed by atoms with Gasteiger partial charge in [-0.1, -0.05) is 12.1 Å². The summed E-state index contributed by atoms with van der Waals surface area (Å²) in [7, 11) is 0. The van der Waals surface area contributed by atoms with Gasteiger partial charge in [0.25, 0.3) is 0 Å². The van der Waals surface area contributed by atoms with E-state index in [4.69, 9.17) is 9.90 Å². The molecule has 0 aliphatic rings. The molecule has 0 saturated carbocycles. The first-order chi connectivity index (χ1) is 15.9. The van der Waals surface area contributed by atoms with Gasteiger partial charge in [-0.3, -0.25) is 14.6 Å². The number of hydrogen-bond acceptors (Lipinski definition) is 4. The molecule has 0 spiro atoms. The van der Waals surface area contributed by atoms with Crippen LogP contribution in [0, 0.1) is 6.92 Å². The summed E-state index contributed by atoms with van der Waals surface area (Å²) in [5, 5.41) is 11.5. The molecule has 0 bridgehead atoms. The Labute approximate surface area is 188 Å². The van der Waals surface area contributed by atoms with Crippen molar-refractivity contribution in [2.75, 3.05) is 0 Å². The van der Waals surface area contributed by atoms with E-state index in [1.165, 1.54) is 6.07 Å². The number of carboxylic acid groups (broad SMARTS) is 1. The molecular formula is C22H16F6N4O2. The van der Waals surface area contributed by atoms with Crippen LogP contribution in [0.3, 0.4) is 0 Å². The third-order valence-corrected chi connectivity index (χ3v) is 4.73. The van der Waals surface area contributed by atoms with Crippen molar-refractivity contribution in [2.45, 2.75) is 25.8 Å². The van der Waals surface area contributed by atoms with E-state index in [2.05, 4.69) is 15.1 Å². The molecule has 178 valence electrons. The van der Waals surface area contributed by atoms with Crippen LogP contribution in [0.4, 0.5) is 26.3 Å². The number of carbonyl (C=O) groups is 1.